The van der Waals surface area contributed by atoms with Crippen LogP contribution in [0.5, 0.6) is 5.88 Å². The molecule has 1 aromatic carbocycles. The minimum Gasteiger partial charge on any atom is -0.473 e. The fourth-order valence-electron chi connectivity index (χ4n) is 3.12. The van der Waals surface area contributed by atoms with Gasteiger partial charge in [0.2, 0.25) is 5.88 Å². The van der Waals surface area contributed by atoms with Gasteiger partial charge in [-0.25, -0.2) is 4.68 Å². The van der Waals surface area contributed by atoms with Gasteiger partial charge < -0.3 is 10.1 Å². The SMILES string of the molecule is [2H]C([2H])([2H])NC([2H])([2H])c1cc(OCc2ccccc2)n(CC2CCCCC2)n1. The largest absolute Gasteiger partial charge is 0.473 e. The highest BCUT2D eigenvalue weighted by molar-refractivity contribution is 5.19. The minimum atomic E-state index is -2.61. The molecule has 1 aliphatic rings. The van der Waals surface area contributed by atoms with Crippen LogP contribution in [0, 0.1) is 5.92 Å². The molecule has 0 aliphatic heterocycles. The van der Waals surface area contributed by atoms with Crippen LogP contribution in [0.4, 0.5) is 0 Å². The van der Waals surface area contributed by atoms with Gasteiger partial charge in [0.05, 0.1) is 5.69 Å². The van der Waals surface area contributed by atoms with Gasteiger partial charge in [-0.2, -0.15) is 5.10 Å². The minimum absolute atomic E-state index is 0.0162. The van der Waals surface area contributed by atoms with Gasteiger partial charge in [-0.1, -0.05) is 49.6 Å². The smallest absolute Gasteiger partial charge is 0.212 e. The van der Waals surface area contributed by atoms with Crippen molar-refractivity contribution in [2.75, 3.05) is 6.98 Å². The normalized spacial score (nSPS) is 20.1. The van der Waals surface area contributed by atoms with Crippen LogP contribution < -0.4 is 10.1 Å². The second kappa shape index (κ2) is 8.16. The molecule has 0 radical (unpaired) electrons. The fourth-order valence-corrected chi connectivity index (χ4v) is 3.12. The van der Waals surface area contributed by atoms with E-state index in [9.17, 15) is 0 Å². The predicted molar refractivity (Wildman–Crippen MR) is 92.3 cm³/mol. The molecule has 3 rings (SSSR count). The molecule has 0 bridgehead atoms. The van der Waals surface area contributed by atoms with E-state index in [-0.39, 0.29) is 5.69 Å². The van der Waals surface area contributed by atoms with Crippen molar-refractivity contribution >= 4 is 0 Å². The number of nitrogens with zero attached hydrogens (tertiary/aromatic N) is 2. The summed E-state index contributed by atoms with van der Waals surface area (Å²) < 4.78 is 45.8. The lowest BCUT2D eigenvalue weighted by molar-refractivity contribution is 0.245. The molecule has 1 N–H and O–H groups in total. The maximum Gasteiger partial charge on any atom is 0.212 e. The predicted octanol–water partition coefficient (Wildman–Crippen LogP) is 3.76. The molecule has 4 nitrogen and oxygen atoms in total. The molecule has 23 heavy (non-hydrogen) atoms. The Bertz CT molecular complexity index is 755. The second-order valence-corrected chi connectivity index (χ2v) is 6.08. The Morgan fingerprint density at radius 3 is 2.91 bits per heavy atom. The van der Waals surface area contributed by atoms with Crippen LogP contribution in [-0.2, 0) is 19.6 Å². The fraction of sp³-hybridized carbons (Fsp3) is 0.526. The summed E-state index contributed by atoms with van der Waals surface area (Å²) >= 11 is 0. The zero-order chi connectivity index (χ0) is 20.2. The Morgan fingerprint density at radius 1 is 1.30 bits per heavy atom. The molecule has 1 saturated carbocycles. The van der Waals surface area contributed by atoms with Gasteiger partial charge in [0.1, 0.15) is 6.61 Å². The van der Waals surface area contributed by atoms with Crippen LogP contribution in [0.3, 0.4) is 0 Å². The molecule has 1 aliphatic carbocycles. The Labute approximate surface area is 145 Å². The molecule has 0 atom stereocenters. The average molecular weight is 318 g/mol. The van der Waals surface area contributed by atoms with Gasteiger partial charge in [-0.3, -0.25) is 0 Å². The lowest BCUT2D eigenvalue weighted by Crippen LogP contribution is -2.16. The van der Waals surface area contributed by atoms with E-state index in [1.807, 2.05) is 35.6 Å². The number of ether oxygens (including phenoxy) is 1. The first-order chi connectivity index (χ1) is 13.2. The summed E-state index contributed by atoms with van der Waals surface area (Å²) in [5.74, 6) is 0.933. The lowest BCUT2D eigenvalue weighted by atomic mass is 9.89. The quantitative estimate of drug-likeness (QED) is 0.845. The van der Waals surface area contributed by atoms with Gasteiger partial charge in [0.25, 0.3) is 0 Å². The summed E-state index contributed by atoms with van der Waals surface area (Å²) in [5.41, 5.74) is 1.01. The highest BCUT2D eigenvalue weighted by Gasteiger charge is 2.17. The second-order valence-electron chi connectivity index (χ2n) is 6.08. The van der Waals surface area contributed by atoms with Gasteiger partial charge >= 0.3 is 0 Å². The first-order valence-electron chi connectivity index (χ1n) is 10.8. The molecule has 0 spiro atoms. The van der Waals surface area contributed by atoms with E-state index in [0.29, 0.717) is 24.9 Å². The van der Waals surface area contributed by atoms with Crippen molar-refractivity contribution in [3.63, 3.8) is 0 Å². The summed E-state index contributed by atoms with van der Waals surface area (Å²) in [6.45, 7) is -3.91. The van der Waals surface area contributed by atoms with Gasteiger partial charge in [-0.15, -0.1) is 0 Å². The maximum absolute atomic E-state index is 8.11. The molecule has 1 heterocycles. The Hall–Kier alpha value is -1.81. The van der Waals surface area contributed by atoms with Crippen molar-refractivity contribution in [1.82, 2.24) is 15.1 Å². The first kappa shape index (κ1) is 10.9. The van der Waals surface area contributed by atoms with Crippen LogP contribution in [0.2, 0.25) is 0 Å². The van der Waals surface area contributed by atoms with Crippen molar-refractivity contribution in [3.05, 3.63) is 47.7 Å². The highest BCUT2D eigenvalue weighted by atomic mass is 16.5. The van der Waals surface area contributed by atoms with E-state index in [2.05, 4.69) is 5.10 Å². The van der Waals surface area contributed by atoms with E-state index in [4.69, 9.17) is 11.6 Å². The van der Waals surface area contributed by atoms with Crippen LogP contribution >= 0.6 is 0 Å². The number of aromatic nitrogens is 2. The van der Waals surface area contributed by atoms with Crippen LogP contribution in [0.15, 0.2) is 36.4 Å². The molecule has 124 valence electrons. The molecular weight excluding hydrogens is 286 g/mol. The van der Waals surface area contributed by atoms with Gasteiger partial charge in [-0.05, 0) is 31.3 Å². The Balaban J connectivity index is 1.81. The third kappa shape index (κ3) is 4.58. The Morgan fingerprint density at radius 2 is 2.13 bits per heavy atom. The number of hydrogen-bond acceptors (Lipinski definition) is 3. The zero-order valence-corrected chi connectivity index (χ0v) is 13.3. The van der Waals surface area contributed by atoms with Crippen LogP contribution in [0.25, 0.3) is 0 Å². The van der Waals surface area contributed by atoms with E-state index < -0.39 is 13.5 Å². The summed E-state index contributed by atoms with van der Waals surface area (Å²) in [6.07, 6.45) is 5.88. The van der Waals surface area contributed by atoms with E-state index in [1.54, 1.807) is 4.68 Å². The summed E-state index contributed by atoms with van der Waals surface area (Å²) in [6, 6.07) is 11.2. The zero-order valence-electron chi connectivity index (χ0n) is 18.3. The molecule has 1 aromatic heterocycles. The number of hydrogen-bond donors (Lipinski definition) is 1. The molecule has 2 aromatic rings. The highest BCUT2D eigenvalue weighted by Crippen LogP contribution is 2.27. The Kier molecular flexibility index (Phi) is 3.86. The lowest BCUT2D eigenvalue weighted by Gasteiger charge is -2.22. The van der Waals surface area contributed by atoms with E-state index in [0.717, 1.165) is 18.4 Å². The summed E-state index contributed by atoms with van der Waals surface area (Å²) in [7, 11) is 0. The third-order valence-electron chi connectivity index (χ3n) is 4.32. The van der Waals surface area contributed by atoms with Gasteiger partial charge in [0.15, 0.2) is 0 Å². The standard InChI is InChI=1S/C19H27N3O/c1-20-13-18-12-19(23-15-17-10-6-3-7-11-17)22(21-18)14-16-8-4-2-5-9-16/h3,6-7,10-12,16,20H,2,4-5,8-9,13-15H2,1H3/i1D3,13D2. The topological polar surface area (TPSA) is 39.1 Å². The van der Waals surface area contributed by atoms with E-state index in [1.165, 1.54) is 25.3 Å². The summed E-state index contributed by atoms with van der Waals surface area (Å²) in [4.78, 5) is 0. The number of benzene rings is 1. The maximum atomic E-state index is 8.11. The molecule has 1 fully saturated rings. The third-order valence-corrected chi connectivity index (χ3v) is 4.32. The molecule has 0 unspecified atom stereocenters. The number of nitrogens with one attached hydrogen (secondary N) is 1. The van der Waals surface area contributed by atoms with Crippen LogP contribution in [0.1, 0.15) is 50.2 Å². The molecule has 0 saturated heterocycles. The van der Waals surface area contributed by atoms with Crippen LogP contribution in [-0.4, -0.2) is 16.8 Å². The van der Waals surface area contributed by atoms with Crippen molar-refractivity contribution < 1.29 is 11.6 Å². The van der Waals surface area contributed by atoms with Crippen molar-refractivity contribution in [3.8, 4) is 5.88 Å². The number of rotatable bonds is 7. The van der Waals surface area contributed by atoms with Gasteiger partial charge in [0, 0.05) is 26.0 Å². The monoisotopic (exact) mass is 318 g/mol. The van der Waals surface area contributed by atoms with Crippen molar-refractivity contribution in [2.24, 2.45) is 5.92 Å². The summed E-state index contributed by atoms with van der Waals surface area (Å²) in [5, 5.41) is 6.41. The molecule has 0 amide bonds. The van der Waals surface area contributed by atoms with Crippen molar-refractivity contribution in [2.45, 2.75) is 51.8 Å². The van der Waals surface area contributed by atoms with E-state index >= 15 is 0 Å². The van der Waals surface area contributed by atoms with Crippen molar-refractivity contribution in [1.29, 1.82) is 0 Å². The molecule has 4 heteroatoms. The molecular formula is C19H27N3O. The average Bonchev–Trinajstić information content (AvgIpc) is 3.03. The first-order valence-corrected chi connectivity index (χ1v) is 8.27.